The van der Waals surface area contributed by atoms with Crippen molar-refractivity contribution in [2.24, 2.45) is 0 Å². The Hall–Kier alpha value is -0.830. The molecule has 3 nitrogen and oxygen atoms in total. The summed E-state index contributed by atoms with van der Waals surface area (Å²) >= 11 is 0. The van der Waals surface area contributed by atoms with Crippen molar-refractivity contribution in [2.45, 2.75) is 44.3 Å². The molecule has 0 N–H and O–H groups in total. The zero-order valence-electron chi connectivity index (χ0n) is 8.54. The average Bonchev–Trinajstić information content (AvgIpc) is 2.83. The molecule has 2 atom stereocenters. The molecule has 0 aromatic rings. The second-order valence-corrected chi connectivity index (χ2v) is 4.11. The summed E-state index contributed by atoms with van der Waals surface area (Å²) in [6, 6.07) is 0. The Kier molecular flexibility index (Phi) is 2.35. The smallest absolute Gasteiger partial charge is 0.302 e. The maximum atomic E-state index is 10.6. The third kappa shape index (κ3) is 1.57. The number of rotatable bonds is 2. The van der Waals surface area contributed by atoms with Crippen molar-refractivity contribution in [1.29, 1.82) is 0 Å². The third-order valence-corrected chi connectivity index (χ3v) is 3.13. The molecular formula is C11H16O3. The molecule has 1 saturated heterocycles. The van der Waals surface area contributed by atoms with E-state index in [0.717, 1.165) is 12.8 Å². The summed E-state index contributed by atoms with van der Waals surface area (Å²) in [4.78, 5) is 10.6. The lowest BCUT2D eigenvalue weighted by Crippen LogP contribution is -2.24. The first kappa shape index (κ1) is 9.71. The molecule has 1 aliphatic heterocycles. The topological polar surface area (TPSA) is 38.8 Å². The summed E-state index contributed by atoms with van der Waals surface area (Å²) < 4.78 is 10.6. The molecule has 0 radical (unpaired) electrons. The number of hydrogen-bond donors (Lipinski definition) is 0. The van der Waals surface area contributed by atoms with Gasteiger partial charge in [-0.3, -0.25) is 4.79 Å². The first-order valence-electron chi connectivity index (χ1n) is 5.14. The lowest BCUT2D eigenvalue weighted by molar-refractivity contribution is -0.141. The van der Waals surface area contributed by atoms with Gasteiger partial charge in [0, 0.05) is 6.92 Å². The number of epoxide rings is 1. The third-order valence-electron chi connectivity index (χ3n) is 3.13. The van der Waals surface area contributed by atoms with Crippen molar-refractivity contribution in [2.75, 3.05) is 6.61 Å². The van der Waals surface area contributed by atoms with Crippen LogP contribution in [0.1, 0.15) is 32.6 Å². The van der Waals surface area contributed by atoms with Gasteiger partial charge in [-0.15, -0.1) is 0 Å². The van der Waals surface area contributed by atoms with Crippen LogP contribution in [-0.2, 0) is 14.3 Å². The fraction of sp³-hybridized carbons (Fsp3) is 0.727. The second kappa shape index (κ2) is 3.39. The van der Waals surface area contributed by atoms with Gasteiger partial charge in [0.1, 0.15) is 18.3 Å². The SMILES string of the molecule is C=C1CCCCC12O[C@H]2COC(C)=O. The highest BCUT2D eigenvalue weighted by atomic mass is 16.6. The zero-order valence-corrected chi connectivity index (χ0v) is 8.54. The number of esters is 1. The van der Waals surface area contributed by atoms with E-state index in [1.165, 1.54) is 25.3 Å². The normalized spacial score (nSPS) is 35.8. The van der Waals surface area contributed by atoms with Crippen LogP contribution in [0, 0.1) is 0 Å². The van der Waals surface area contributed by atoms with Crippen molar-refractivity contribution in [3.63, 3.8) is 0 Å². The van der Waals surface area contributed by atoms with Crippen LogP contribution < -0.4 is 0 Å². The van der Waals surface area contributed by atoms with Gasteiger partial charge in [0.15, 0.2) is 0 Å². The monoisotopic (exact) mass is 196 g/mol. The van der Waals surface area contributed by atoms with Gasteiger partial charge in [-0.1, -0.05) is 6.58 Å². The van der Waals surface area contributed by atoms with Gasteiger partial charge in [-0.2, -0.15) is 0 Å². The lowest BCUT2D eigenvalue weighted by atomic mass is 9.83. The largest absolute Gasteiger partial charge is 0.463 e. The zero-order chi connectivity index (χ0) is 10.2. The Balaban J connectivity index is 1.88. The summed E-state index contributed by atoms with van der Waals surface area (Å²) in [6.07, 6.45) is 4.56. The molecule has 0 amide bonds. The van der Waals surface area contributed by atoms with Crippen molar-refractivity contribution < 1.29 is 14.3 Å². The maximum Gasteiger partial charge on any atom is 0.302 e. The van der Waals surface area contributed by atoms with Crippen molar-refractivity contribution >= 4 is 5.97 Å². The predicted octanol–water partition coefficient (Wildman–Crippen LogP) is 1.82. The van der Waals surface area contributed by atoms with Gasteiger partial charge >= 0.3 is 5.97 Å². The summed E-state index contributed by atoms with van der Waals surface area (Å²) in [5.41, 5.74) is 1.05. The van der Waals surface area contributed by atoms with E-state index in [1.807, 2.05) is 0 Å². The van der Waals surface area contributed by atoms with Crippen LogP contribution >= 0.6 is 0 Å². The van der Waals surface area contributed by atoms with E-state index in [9.17, 15) is 4.79 Å². The molecule has 1 aliphatic carbocycles. The standard InChI is InChI=1S/C11H16O3/c1-8-5-3-4-6-11(8)10(14-11)7-13-9(2)12/h10H,1,3-7H2,2H3/t10-,11?/m0/s1. The molecule has 2 aliphatic rings. The molecule has 2 fully saturated rings. The molecule has 14 heavy (non-hydrogen) atoms. The minimum Gasteiger partial charge on any atom is -0.463 e. The number of hydrogen-bond acceptors (Lipinski definition) is 3. The molecule has 1 spiro atoms. The first-order chi connectivity index (χ1) is 6.65. The molecule has 2 rings (SSSR count). The van der Waals surface area contributed by atoms with E-state index in [-0.39, 0.29) is 17.7 Å². The van der Waals surface area contributed by atoms with Crippen LogP contribution in [0.2, 0.25) is 0 Å². The van der Waals surface area contributed by atoms with Gasteiger partial charge in [0.25, 0.3) is 0 Å². The van der Waals surface area contributed by atoms with Gasteiger partial charge in [-0.25, -0.2) is 0 Å². The summed E-state index contributed by atoms with van der Waals surface area (Å²) in [5, 5.41) is 0. The summed E-state index contributed by atoms with van der Waals surface area (Å²) in [6.45, 7) is 5.85. The van der Waals surface area contributed by atoms with Crippen molar-refractivity contribution in [3.8, 4) is 0 Å². The van der Waals surface area contributed by atoms with Crippen LogP contribution in [0.5, 0.6) is 0 Å². The van der Waals surface area contributed by atoms with E-state index in [0.29, 0.717) is 6.61 Å². The van der Waals surface area contributed by atoms with Gasteiger partial charge in [0.05, 0.1) is 0 Å². The molecule has 1 unspecified atom stereocenters. The minimum absolute atomic E-state index is 0.0687. The molecular weight excluding hydrogens is 180 g/mol. The van der Waals surface area contributed by atoms with Crippen LogP contribution in [-0.4, -0.2) is 24.3 Å². The molecule has 78 valence electrons. The highest BCUT2D eigenvalue weighted by Gasteiger charge is 2.58. The quantitative estimate of drug-likeness (QED) is 0.384. The van der Waals surface area contributed by atoms with E-state index in [2.05, 4.69) is 6.58 Å². The minimum atomic E-state index is -0.239. The summed E-state index contributed by atoms with van der Waals surface area (Å²) in [5.74, 6) is -0.239. The van der Waals surface area contributed by atoms with E-state index >= 15 is 0 Å². The highest BCUT2D eigenvalue weighted by Crippen LogP contribution is 2.50. The predicted molar refractivity (Wildman–Crippen MR) is 51.8 cm³/mol. The Labute approximate surface area is 84.1 Å². The van der Waals surface area contributed by atoms with Gasteiger partial charge in [0.2, 0.25) is 0 Å². The average molecular weight is 196 g/mol. The Morgan fingerprint density at radius 3 is 3.14 bits per heavy atom. The van der Waals surface area contributed by atoms with Gasteiger partial charge < -0.3 is 9.47 Å². The fourth-order valence-corrected chi connectivity index (χ4v) is 2.23. The number of carbonyl (C=O) groups excluding carboxylic acids is 1. The number of carbonyl (C=O) groups is 1. The lowest BCUT2D eigenvalue weighted by Gasteiger charge is -2.21. The highest BCUT2D eigenvalue weighted by molar-refractivity contribution is 5.66. The van der Waals surface area contributed by atoms with Crippen LogP contribution in [0.25, 0.3) is 0 Å². The first-order valence-corrected chi connectivity index (χ1v) is 5.14. The van der Waals surface area contributed by atoms with E-state index in [1.54, 1.807) is 0 Å². The van der Waals surface area contributed by atoms with Gasteiger partial charge in [-0.05, 0) is 31.3 Å². The van der Waals surface area contributed by atoms with Crippen LogP contribution in [0.4, 0.5) is 0 Å². The molecule has 0 aromatic heterocycles. The van der Waals surface area contributed by atoms with Crippen molar-refractivity contribution in [1.82, 2.24) is 0 Å². The van der Waals surface area contributed by atoms with Crippen LogP contribution in [0.3, 0.4) is 0 Å². The Morgan fingerprint density at radius 2 is 2.50 bits per heavy atom. The van der Waals surface area contributed by atoms with Crippen molar-refractivity contribution in [3.05, 3.63) is 12.2 Å². The second-order valence-electron chi connectivity index (χ2n) is 4.11. The molecule has 1 heterocycles. The Bertz CT molecular complexity index is 272. The van der Waals surface area contributed by atoms with E-state index < -0.39 is 0 Å². The molecule has 3 heteroatoms. The summed E-state index contributed by atoms with van der Waals surface area (Å²) in [7, 11) is 0. The molecule has 0 aromatic carbocycles. The molecule has 1 saturated carbocycles. The maximum absolute atomic E-state index is 10.6. The number of ether oxygens (including phenoxy) is 2. The molecule has 0 bridgehead atoms. The Morgan fingerprint density at radius 1 is 1.71 bits per heavy atom. The van der Waals surface area contributed by atoms with E-state index in [4.69, 9.17) is 9.47 Å². The fourth-order valence-electron chi connectivity index (χ4n) is 2.23. The van der Waals surface area contributed by atoms with Crippen LogP contribution in [0.15, 0.2) is 12.2 Å².